The first kappa shape index (κ1) is 19.4. The molecule has 2 aromatic heterocycles. The molecule has 0 atom stereocenters. The van der Waals surface area contributed by atoms with Gasteiger partial charge in [-0.25, -0.2) is 14.2 Å². The van der Waals surface area contributed by atoms with E-state index in [4.69, 9.17) is 4.74 Å². The highest BCUT2D eigenvalue weighted by molar-refractivity contribution is 6.00. The van der Waals surface area contributed by atoms with Crippen LogP contribution >= 0.6 is 0 Å². The lowest BCUT2D eigenvalue weighted by Crippen LogP contribution is -2.16. The summed E-state index contributed by atoms with van der Waals surface area (Å²) in [7, 11) is 0. The summed E-state index contributed by atoms with van der Waals surface area (Å²) in [6.45, 7) is 5.62. The summed E-state index contributed by atoms with van der Waals surface area (Å²) in [6, 6.07) is 7.99. The molecule has 0 amide bonds. The van der Waals surface area contributed by atoms with Crippen LogP contribution in [0.3, 0.4) is 0 Å². The topological polar surface area (TPSA) is 74.1 Å². The molecule has 0 unspecified atom stereocenters. The second-order valence-electron chi connectivity index (χ2n) is 6.54. The van der Waals surface area contributed by atoms with Gasteiger partial charge in [-0.05, 0) is 44.5 Å². The number of rotatable bonds is 6. The van der Waals surface area contributed by atoms with Crippen LogP contribution in [-0.2, 0) is 11.3 Å². The normalized spacial score (nSPS) is 10.7. The number of aryl methyl sites for hydroxylation is 2. The van der Waals surface area contributed by atoms with E-state index < -0.39 is 5.97 Å². The molecular weight excluding hydrogens is 361 g/mol. The second-order valence-corrected chi connectivity index (χ2v) is 6.54. The fourth-order valence-electron chi connectivity index (χ4n) is 2.88. The number of ether oxygens (including phenoxy) is 1. The van der Waals surface area contributed by atoms with Crippen molar-refractivity contribution in [2.45, 2.75) is 27.3 Å². The maximum absolute atomic E-state index is 13.1. The number of benzene rings is 1. The first-order valence-electron chi connectivity index (χ1n) is 8.75. The van der Waals surface area contributed by atoms with E-state index in [2.05, 4.69) is 9.97 Å². The van der Waals surface area contributed by atoms with Crippen LogP contribution in [0.15, 0.2) is 42.7 Å². The van der Waals surface area contributed by atoms with Crippen molar-refractivity contribution >= 4 is 11.8 Å². The standard InChI is InChI=1S/C21H20FN3O3/c1-13-9-24-19(10-23-13)21(27)28-12-20(26)18-8-14(2)25(15(18)3)11-16-4-6-17(22)7-5-16/h4-10H,11-12H2,1-3H3. The lowest BCUT2D eigenvalue weighted by molar-refractivity contribution is 0.0468. The van der Waals surface area contributed by atoms with Crippen LogP contribution in [0, 0.1) is 26.6 Å². The molecule has 2 heterocycles. The highest BCUT2D eigenvalue weighted by atomic mass is 19.1. The zero-order chi connectivity index (χ0) is 20.3. The van der Waals surface area contributed by atoms with Gasteiger partial charge in [0.2, 0.25) is 5.78 Å². The molecule has 0 bridgehead atoms. The Kier molecular flexibility index (Phi) is 5.63. The molecule has 0 N–H and O–H groups in total. The first-order valence-corrected chi connectivity index (χ1v) is 8.75. The highest BCUT2D eigenvalue weighted by Crippen LogP contribution is 2.18. The third-order valence-electron chi connectivity index (χ3n) is 4.45. The third-order valence-corrected chi connectivity index (χ3v) is 4.45. The summed E-state index contributed by atoms with van der Waals surface area (Å²) in [4.78, 5) is 32.5. The van der Waals surface area contributed by atoms with Gasteiger partial charge >= 0.3 is 5.97 Å². The molecule has 3 aromatic rings. The number of aromatic nitrogens is 3. The minimum absolute atomic E-state index is 0.0557. The quantitative estimate of drug-likeness (QED) is 0.483. The number of halogens is 1. The Hall–Kier alpha value is -3.35. The zero-order valence-electron chi connectivity index (χ0n) is 15.9. The monoisotopic (exact) mass is 381 g/mol. The van der Waals surface area contributed by atoms with Crippen molar-refractivity contribution in [3.8, 4) is 0 Å². The molecule has 28 heavy (non-hydrogen) atoms. The number of esters is 1. The van der Waals surface area contributed by atoms with Gasteiger partial charge in [0.05, 0.1) is 11.9 Å². The smallest absolute Gasteiger partial charge is 0.358 e. The Morgan fingerprint density at radius 3 is 2.43 bits per heavy atom. The van der Waals surface area contributed by atoms with E-state index in [1.165, 1.54) is 24.5 Å². The molecule has 3 rings (SSSR count). The third kappa shape index (κ3) is 4.31. The van der Waals surface area contributed by atoms with E-state index in [0.29, 0.717) is 17.8 Å². The van der Waals surface area contributed by atoms with Crippen molar-refractivity contribution in [1.82, 2.24) is 14.5 Å². The van der Waals surface area contributed by atoms with E-state index in [-0.39, 0.29) is 23.9 Å². The van der Waals surface area contributed by atoms with E-state index in [1.807, 2.05) is 18.4 Å². The molecule has 0 fully saturated rings. The van der Waals surface area contributed by atoms with Crippen molar-refractivity contribution < 1.29 is 18.7 Å². The van der Waals surface area contributed by atoms with E-state index in [1.54, 1.807) is 25.1 Å². The lowest BCUT2D eigenvalue weighted by atomic mass is 10.1. The summed E-state index contributed by atoms with van der Waals surface area (Å²) in [5, 5.41) is 0. The number of hydrogen-bond donors (Lipinski definition) is 0. The van der Waals surface area contributed by atoms with Gasteiger partial charge in [-0.1, -0.05) is 12.1 Å². The summed E-state index contributed by atoms with van der Waals surface area (Å²) in [5.74, 6) is -1.28. The van der Waals surface area contributed by atoms with Crippen molar-refractivity contribution in [1.29, 1.82) is 0 Å². The molecule has 1 aromatic carbocycles. The van der Waals surface area contributed by atoms with Gasteiger partial charge in [-0.3, -0.25) is 9.78 Å². The van der Waals surface area contributed by atoms with Crippen molar-refractivity contribution in [2.75, 3.05) is 6.61 Å². The summed E-state index contributed by atoms with van der Waals surface area (Å²) in [5.41, 5.74) is 3.80. The number of carbonyl (C=O) groups is 2. The van der Waals surface area contributed by atoms with Gasteiger partial charge in [0.1, 0.15) is 5.82 Å². The fourth-order valence-corrected chi connectivity index (χ4v) is 2.88. The number of Topliss-reactive ketones (excluding diaryl/α,β-unsaturated/α-hetero) is 1. The first-order chi connectivity index (χ1) is 13.3. The van der Waals surface area contributed by atoms with Crippen LogP contribution in [0.1, 0.15) is 43.5 Å². The van der Waals surface area contributed by atoms with Gasteiger partial charge in [-0.15, -0.1) is 0 Å². The molecular formula is C21H20FN3O3. The largest absolute Gasteiger partial charge is 0.453 e. The van der Waals surface area contributed by atoms with Crippen LogP contribution in [-0.4, -0.2) is 32.9 Å². The van der Waals surface area contributed by atoms with Gasteiger partial charge in [0.15, 0.2) is 12.3 Å². The molecule has 0 aliphatic carbocycles. The Labute approximate surface area is 162 Å². The Morgan fingerprint density at radius 1 is 1.07 bits per heavy atom. The average molecular weight is 381 g/mol. The predicted molar refractivity (Wildman–Crippen MR) is 101 cm³/mol. The Bertz CT molecular complexity index is 1010. The van der Waals surface area contributed by atoms with Gasteiger partial charge in [0, 0.05) is 29.7 Å². The summed E-state index contributed by atoms with van der Waals surface area (Å²) < 4.78 is 20.1. The Balaban J connectivity index is 1.69. The maximum Gasteiger partial charge on any atom is 0.358 e. The van der Waals surface area contributed by atoms with Crippen LogP contribution in [0.25, 0.3) is 0 Å². The van der Waals surface area contributed by atoms with E-state index in [9.17, 15) is 14.0 Å². The molecule has 0 saturated carbocycles. The zero-order valence-corrected chi connectivity index (χ0v) is 15.9. The van der Waals surface area contributed by atoms with Crippen LogP contribution in [0.4, 0.5) is 4.39 Å². The van der Waals surface area contributed by atoms with Crippen LogP contribution < -0.4 is 0 Å². The number of hydrogen-bond acceptors (Lipinski definition) is 5. The molecule has 0 spiro atoms. The van der Waals surface area contributed by atoms with E-state index >= 15 is 0 Å². The van der Waals surface area contributed by atoms with Gasteiger partial charge < -0.3 is 9.30 Å². The lowest BCUT2D eigenvalue weighted by Gasteiger charge is -2.10. The SMILES string of the molecule is Cc1cnc(C(=O)OCC(=O)c2cc(C)n(Cc3ccc(F)cc3)c2C)cn1. The van der Waals surface area contributed by atoms with Crippen molar-refractivity contribution in [3.63, 3.8) is 0 Å². The second kappa shape index (κ2) is 8.12. The number of nitrogens with zero attached hydrogens (tertiary/aromatic N) is 3. The molecule has 0 aliphatic heterocycles. The molecule has 6 nitrogen and oxygen atoms in total. The van der Waals surface area contributed by atoms with Crippen LogP contribution in [0.2, 0.25) is 0 Å². The van der Waals surface area contributed by atoms with Crippen molar-refractivity contribution in [3.05, 3.63) is 82.4 Å². The fraction of sp³-hybridized carbons (Fsp3) is 0.238. The minimum Gasteiger partial charge on any atom is -0.453 e. The van der Waals surface area contributed by atoms with Gasteiger partial charge in [-0.2, -0.15) is 0 Å². The molecule has 7 heteroatoms. The highest BCUT2D eigenvalue weighted by Gasteiger charge is 2.18. The number of carbonyl (C=O) groups excluding carboxylic acids is 2. The van der Waals surface area contributed by atoms with Crippen molar-refractivity contribution in [2.24, 2.45) is 0 Å². The summed E-state index contributed by atoms with van der Waals surface area (Å²) >= 11 is 0. The molecule has 0 aliphatic rings. The predicted octanol–water partition coefficient (Wildman–Crippen LogP) is 3.43. The number of ketones is 1. The molecule has 0 saturated heterocycles. The molecule has 0 radical (unpaired) electrons. The minimum atomic E-state index is -0.694. The summed E-state index contributed by atoms with van der Waals surface area (Å²) in [6.07, 6.45) is 2.78. The van der Waals surface area contributed by atoms with Crippen LogP contribution in [0.5, 0.6) is 0 Å². The van der Waals surface area contributed by atoms with E-state index in [0.717, 1.165) is 17.0 Å². The molecule has 144 valence electrons. The average Bonchev–Trinajstić information content (AvgIpc) is 2.96. The van der Waals surface area contributed by atoms with Gasteiger partial charge in [0.25, 0.3) is 0 Å². The maximum atomic E-state index is 13.1. The Morgan fingerprint density at radius 2 is 1.79 bits per heavy atom.